The molecular weight excluding hydrogens is 300 g/mol. The van der Waals surface area contributed by atoms with Crippen molar-refractivity contribution >= 4 is 0 Å². The normalized spacial score (nSPS) is 17.0. The fourth-order valence-corrected chi connectivity index (χ4v) is 3.44. The van der Waals surface area contributed by atoms with E-state index >= 15 is 0 Å². The fourth-order valence-electron chi connectivity index (χ4n) is 3.44. The molecule has 0 bridgehead atoms. The van der Waals surface area contributed by atoms with Gasteiger partial charge in [0.25, 0.3) is 0 Å². The lowest BCUT2D eigenvalue weighted by atomic mass is 9.92. The van der Waals surface area contributed by atoms with E-state index in [2.05, 4.69) is 23.8 Å². The van der Waals surface area contributed by atoms with Crippen LogP contribution < -0.4 is 0 Å². The zero-order valence-electron chi connectivity index (χ0n) is 15.3. The molecule has 0 spiro atoms. The Labute approximate surface area is 143 Å². The van der Waals surface area contributed by atoms with E-state index in [4.69, 9.17) is 14.7 Å². The largest absolute Gasteiger partial charge is 0.381 e. The molecule has 128 valence electrons. The molecule has 3 rings (SSSR count). The van der Waals surface area contributed by atoms with Crippen LogP contribution in [0.4, 0.5) is 0 Å². The first kappa shape index (κ1) is 17.0. The Bertz CT molecular complexity index is 758. The molecular formula is C19H26N4O. The van der Waals surface area contributed by atoms with Gasteiger partial charge in [-0.05, 0) is 58.1 Å². The van der Waals surface area contributed by atoms with E-state index in [0.717, 1.165) is 60.8 Å². The molecule has 0 radical (unpaired) electrons. The van der Waals surface area contributed by atoms with Crippen molar-refractivity contribution in [1.82, 2.24) is 19.9 Å². The highest BCUT2D eigenvalue weighted by Crippen LogP contribution is 2.24. The van der Waals surface area contributed by atoms with Crippen molar-refractivity contribution in [3.8, 4) is 0 Å². The Morgan fingerprint density at radius 3 is 2.50 bits per heavy atom. The second-order valence-corrected chi connectivity index (χ2v) is 6.68. The topological polar surface area (TPSA) is 60.8 Å². The van der Waals surface area contributed by atoms with Crippen LogP contribution >= 0.6 is 0 Å². The van der Waals surface area contributed by atoms with Crippen molar-refractivity contribution in [3.63, 3.8) is 0 Å². The molecule has 0 N–H and O–H groups in total. The summed E-state index contributed by atoms with van der Waals surface area (Å²) >= 11 is 0. The van der Waals surface area contributed by atoms with Crippen molar-refractivity contribution in [1.29, 1.82) is 0 Å². The van der Waals surface area contributed by atoms with Crippen molar-refractivity contribution in [2.75, 3.05) is 7.11 Å². The lowest BCUT2D eigenvalue weighted by molar-refractivity contribution is 0.0901. The Hall–Kier alpha value is -1.88. The van der Waals surface area contributed by atoms with Gasteiger partial charge in [0.05, 0.1) is 6.10 Å². The molecule has 2 heterocycles. The van der Waals surface area contributed by atoms with Gasteiger partial charge in [-0.1, -0.05) is 0 Å². The summed E-state index contributed by atoms with van der Waals surface area (Å²) in [5.41, 5.74) is 6.94. The lowest BCUT2D eigenvalue weighted by Crippen LogP contribution is -2.24. The van der Waals surface area contributed by atoms with Crippen LogP contribution in [0.1, 0.15) is 52.0 Å². The minimum absolute atomic E-state index is 0.306. The summed E-state index contributed by atoms with van der Waals surface area (Å²) < 4.78 is 5.50. The molecule has 0 amide bonds. The van der Waals surface area contributed by atoms with Crippen molar-refractivity contribution in [2.45, 2.75) is 65.9 Å². The third kappa shape index (κ3) is 3.46. The summed E-state index contributed by atoms with van der Waals surface area (Å²) in [5, 5.41) is 0. The Kier molecular flexibility index (Phi) is 4.90. The molecule has 0 saturated carbocycles. The number of rotatable bonds is 4. The monoisotopic (exact) mass is 326 g/mol. The third-order valence-corrected chi connectivity index (χ3v) is 5.00. The molecule has 0 fully saturated rings. The molecule has 5 heteroatoms. The van der Waals surface area contributed by atoms with Crippen LogP contribution in [0.2, 0.25) is 0 Å². The highest BCUT2D eigenvalue weighted by Gasteiger charge is 2.22. The number of methoxy groups -OCH3 is 1. The summed E-state index contributed by atoms with van der Waals surface area (Å²) in [6.07, 6.45) is 4.94. The van der Waals surface area contributed by atoms with Crippen LogP contribution in [-0.2, 0) is 30.4 Å². The maximum atomic E-state index is 5.50. The van der Waals surface area contributed by atoms with Crippen LogP contribution in [0.3, 0.4) is 0 Å². The highest BCUT2D eigenvalue weighted by molar-refractivity contribution is 5.29. The van der Waals surface area contributed by atoms with Crippen molar-refractivity contribution in [3.05, 3.63) is 45.6 Å². The number of fused-ring (bicyclic) bond motifs is 1. The first-order valence-corrected chi connectivity index (χ1v) is 8.66. The van der Waals surface area contributed by atoms with Crippen molar-refractivity contribution in [2.24, 2.45) is 0 Å². The van der Waals surface area contributed by atoms with Crippen LogP contribution in [0, 0.1) is 27.7 Å². The number of ether oxygens (including phenoxy) is 1. The predicted octanol–water partition coefficient (Wildman–Crippen LogP) is 2.79. The number of hydrogen-bond acceptors (Lipinski definition) is 5. The molecule has 2 aromatic heterocycles. The van der Waals surface area contributed by atoms with Crippen LogP contribution in [0.25, 0.3) is 0 Å². The van der Waals surface area contributed by atoms with E-state index in [-0.39, 0.29) is 0 Å². The number of nitrogens with zero attached hydrogens (tertiary/aromatic N) is 4. The zero-order valence-corrected chi connectivity index (χ0v) is 15.3. The first-order chi connectivity index (χ1) is 11.5. The van der Waals surface area contributed by atoms with Crippen molar-refractivity contribution < 1.29 is 4.74 Å². The first-order valence-electron chi connectivity index (χ1n) is 8.66. The van der Waals surface area contributed by atoms with Gasteiger partial charge in [0, 0.05) is 42.7 Å². The summed E-state index contributed by atoms with van der Waals surface area (Å²) in [6.45, 7) is 8.17. The van der Waals surface area contributed by atoms with E-state index in [1.807, 2.05) is 13.8 Å². The average molecular weight is 326 g/mol. The standard InChI is InChI=1S/C19H26N4O/c1-11-12(2)20-14(4)22-17(11)8-9-19-21-13(3)16-10-15(24-5)6-7-18(16)23-19/h15H,6-10H2,1-5H3. The zero-order chi connectivity index (χ0) is 17.3. The van der Waals surface area contributed by atoms with Gasteiger partial charge in [-0.25, -0.2) is 19.9 Å². The van der Waals surface area contributed by atoms with Gasteiger partial charge in [-0.3, -0.25) is 0 Å². The van der Waals surface area contributed by atoms with E-state index in [0.29, 0.717) is 6.10 Å². The van der Waals surface area contributed by atoms with Gasteiger partial charge in [-0.15, -0.1) is 0 Å². The van der Waals surface area contributed by atoms with E-state index < -0.39 is 0 Å². The Balaban J connectivity index is 1.79. The number of aromatic nitrogens is 4. The second kappa shape index (κ2) is 6.93. The predicted molar refractivity (Wildman–Crippen MR) is 93.2 cm³/mol. The Morgan fingerprint density at radius 1 is 0.958 bits per heavy atom. The molecule has 1 atom stereocenters. The van der Waals surface area contributed by atoms with Gasteiger partial charge in [0.15, 0.2) is 0 Å². The maximum Gasteiger partial charge on any atom is 0.129 e. The molecule has 1 unspecified atom stereocenters. The Morgan fingerprint density at radius 2 is 1.75 bits per heavy atom. The van der Waals surface area contributed by atoms with Gasteiger partial charge in [-0.2, -0.15) is 0 Å². The summed E-state index contributed by atoms with van der Waals surface area (Å²) in [4.78, 5) is 18.6. The lowest BCUT2D eigenvalue weighted by Gasteiger charge is -2.24. The molecule has 1 aliphatic rings. The smallest absolute Gasteiger partial charge is 0.129 e. The van der Waals surface area contributed by atoms with Gasteiger partial charge in [0.1, 0.15) is 11.6 Å². The number of hydrogen-bond donors (Lipinski definition) is 0. The summed E-state index contributed by atoms with van der Waals surface area (Å²) in [6, 6.07) is 0. The third-order valence-electron chi connectivity index (χ3n) is 5.00. The van der Waals surface area contributed by atoms with Gasteiger partial charge in [0.2, 0.25) is 0 Å². The van der Waals surface area contributed by atoms with Crippen LogP contribution in [0.5, 0.6) is 0 Å². The number of aryl methyl sites for hydroxylation is 6. The fraction of sp³-hybridized carbons (Fsp3) is 0.579. The minimum atomic E-state index is 0.306. The molecule has 5 nitrogen and oxygen atoms in total. The van der Waals surface area contributed by atoms with Crippen LogP contribution in [0.15, 0.2) is 0 Å². The quantitative estimate of drug-likeness (QED) is 0.864. The molecule has 0 aromatic carbocycles. The molecule has 24 heavy (non-hydrogen) atoms. The second-order valence-electron chi connectivity index (χ2n) is 6.68. The van der Waals surface area contributed by atoms with Gasteiger partial charge < -0.3 is 4.74 Å². The molecule has 0 saturated heterocycles. The maximum absolute atomic E-state index is 5.50. The van der Waals surface area contributed by atoms with E-state index in [1.165, 1.54) is 16.8 Å². The summed E-state index contributed by atoms with van der Waals surface area (Å²) in [7, 11) is 1.79. The molecule has 0 aliphatic heterocycles. The van der Waals surface area contributed by atoms with Gasteiger partial charge >= 0.3 is 0 Å². The SMILES string of the molecule is COC1CCc2nc(CCc3nc(C)nc(C)c3C)nc(C)c2C1. The minimum Gasteiger partial charge on any atom is -0.381 e. The van der Waals surface area contributed by atoms with E-state index in [9.17, 15) is 0 Å². The van der Waals surface area contributed by atoms with Crippen LogP contribution in [-0.4, -0.2) is 33.1 Å². The summed E-state index contributed by atoms with van der Waals surface area (Å²) in [5.74, 6) is 1.76. The average Bonchev–Trinajstić information content (AvgIpc) is 2.56. The highest BCUT2D eigenvalue weighted by atomic mass is 16.5. The molecule has 1 aliphatic carbocycles. The molecule has 2 aromatic rings. The van der Waals surface area contributed by atoms with E-state index in [1.54, 1.807) is 7.11 Å².